The Hall–Kier alpha value is -0.780. The smallest absolute Gasteiger partial charge is 0.183 e. The summed E-state index contributed by atoms with van der Waals surface area (Å²) < 4.78 is 24.0. The van der Waals surface area contributed by atoms with Crippen molar-refractivity contribution in [2.24, 2.45) is 0 Å². The number of nitrogens with one attached hydrogen (secondary N) is 1. The van der Waals surface area contributed by atoms with E-state index in [1.807, 2.05) is 0 Å². The van der Waals surface area contributed by atoms with E-state index in [0.29, 0.717) is 22.7 Å². The third-order valence-electron chi connectivity index (χ3n) is 2.55. The second-order valence-electron chi connectivity index (χ2n) is 5.01. The van der Waals surface area contributed by atoms with Crippen molar-refractivity contribution >= 4 is 27.9 Å². The van der Waals surface area contributed by atoms with Gasteiger partial charge in [0.1, 0.15) is 0 Å². The van der Waals surface area contributed by atoms with E-state index in [1.165, 1.54) is 0 Å². The Labute approximate surface area is 115 Å². The molecule has 0 atom stereocenters. The van der Waals surface area contributed by atoms with Gasteiger partial charge in [-0.15, -0.1) is 12.4 Å². The van der Waals surface area contributed by atoms with Crippen LogP contribution in [0.2, 0.25) is 0 Å². The van der Waals surface area contributed by atoms with Crippen LogP contribution < -0.4 is 11.1 Å². The Kier molecular flexibility index (Phi) is 5.65. The van der Waals surface area contributed by atoms with Crippen LogP contribution in [-0.2, 0) is 16.4 Å². The molecule has 0 spiro atoms. The quantitative estimate of drug-likeness (QED) is 0.836. The molecule has 0 saturated carbocycles. The van der Waals surface area contributed by atoms with Gasteiger partial charge in [0.25, 0.3) is 0 Å². The summed E-state index contributed by atoms with van der Waals surface area (Å²) in [6.45, 7) is 5.57. The van der Waals surface area contributed by atoms with E-state index in [1.54, 1.807) is 46.0 Å². The molecule has 0 unspecified atom stereocenters. The third-order valence-corrected chi connectivity index (χ3v) is 5.14. The lowest BCUT2D eigenvalue weighted by Crippen LogP contribution is -2.29. The molecular weight excluding hydrogens is 272 g/mol. The van der Waals surface area contributed by atoms with Crippen LogP contribution in [0.15, 0.2) is 23.1 Å². The van der Waals surface area contributed by atoms with E-state index < -0.39 is 14.6 Å². The number of hydrogen-bond donors (Lipinski definition) is 2. The number of sulfone groups is 1. The summed E-state index contributed by atoms with van der Waals surface area (Å²) in [5, 5.41) is 2.96. The molecule has 0 radical (unpaired) electrons. The largest absolute Gasteiger partial charge is 0.399 e. The van der Waals surface area contributed by atoms with E-state index in [4.69, 9.17) is 5.73 Å². The van der Waals surface area contributed by atoms with Gasteiger partial charge in [0.05, 0.1) is 9.64 Å². The van der Waals surface area contributed by atoms with Gasteiger partial charge in [-0.05, 0) is 51.6 Å². The van der Waals surface area contributed by atoms with Gasteiger partial charge in [-0.3, -0.25) is 0 Å². The van der Waals surface area contributed by atoms with Gasteiger partial charge in [0.15, 0.2) is 9.84 Å². The fourth-order valence-electron chi connectivity index (χ4n) is 1.52. The van der Waals surface area contributed by atoms with Crippen molar-refractivity contribution < 1.29 is 8.42 Å². The molecular formula is C12H21ClN2O2S. The molecule has 0 amide bonds. The summed E-state index contributed by atoms with van der Waals surface area (Å²) in [4.78, 5) is 0.355. The van der Waals surface area contributed by atoms with Crippen LogP contribution in [0.25, 0.3) is 0 Å². The topological polar surface area (TPSA) is 72.2 Å². The molecule has 0 aromatic heterocycles. The first-order valence-electron chi connectivity index (χ1n) is 5.48. The highest BCUT2D eigenvalue weighted by Crippen LogP contribution is 2.28. The molecule has 1 aromatic carbocycles. The lowest BCUT2D eigenvalue weighted by atomic mass is 10.2. The molecule has 0 saturated heterocycles. The lowest BCUT2D eigenvalue weighted by molar-refractivity contribution is 0.558. The molecule has 1 rings (SSSR count). The molecule has 0 aliphatic heterocycles. The molecule has 3 N–H and O–H groups in total. The van der Waals surface area contributed by atoms with E-state index >= 15 is 0 Å². The molecule has 0 aliphatic carbocycles. The van der Waals surface area contributed by atoms with Crippen molar-refractivity contribution in [3.8, 4) is 0 Å². The normalized spacial score (nSPS) is 12.0. The molecule has 0 aliphatic rings. The monoisotopic (exact) mass is 292 g/mol. The number of benzene rings is 1. The summed E-state index contributed by atoms with van der Waals surface area (Å²) in [6, 6.07) is 4.91. The summed E-state index contributed by atoms with van der Waals surface area (Å²) in [7, 11) is -1.57. The minimum Gasteiger partial charge on any atom is -0.399 e. The predicted octanol–water partition coefficient (Wildman–Crippen LogP) is 1.98. The summed E-state index contributed by atoms with van der Waals surface area (Å²) in [5.74, 6) is 0. The summed E-state index contributed by atoms with van der Waals surface area (Å²) in [5.41, 5.74) is 6.97. The molecule has 1 aromatic rings. The van der Waals surface area contributed by atoms with Crippen LogP contribution in [0.1, 0.15) is 26.3 Å². The molecule has 4 nitrogen and oxygen atoms in total. The number of anilines is 1. The Morgan fingerprint density at radius 3 is 2.28 bits per heavy atom. The highest BCUT2D eigenvalue weighted by Gasteiger charge is 2.32. The number of rotatable bonds is 3. The van der Waals surface area contributed by atoms with Crippen LogP contribution in [0.3, 0.4) is 0 Å². The summed E-state index contributed by atoms with van der Waals surface area (Å²) >= 11 is 0. The van der Waals surface area contributed by atoms with Gasteiger partial charge >= 0.3 is 0 Å². The molecule has 0 heterocycles. The van der Waals surface area contributed by atoms with Gasteiger partial charge in [0.2, 0.25) is 0 Å². The first-order chi connectivity index (χ1) is 7.70. The van der Waals surface area contributed by atoms with Crippen LogP contribution >= 0.6 is 12.4 Å². The Morgan fingerprint density at radius 2 is 1.83 bits per heavy atom. The molecule has 104 valence electrons. The molecule has 0 fully saturated rings. The number of hydrogen-bond acceptors (Lipinski definition) is 4. The fraction of sp³-hybridized carbons (Fsp3) is 0.500. The number of nitrogen functional groups attached to an aromatic ring is 1. The first-order valence-corrected chi connectivity index (χ1v) is 6.96. The lowest BCUT2D eigenvalue weighted by Gasteiger charge is -2.21. The van der Waals surface area contributed by atoms with Crippen LogP contribution in [0, 0.1) is 0 Å². The Bertz CT molecular complexity index is 507. The highest BCUT2D eigenvalue weighted by atomic mass is 35.5. The van der Waals surface area contributed by atoms with Gasteiger partial charge in [-0.25, -0.2) is 8.42 Å². The zero-order valence-electron chi connectivity index (χ0n) is 11.1. The van der Waals surface area contributed by atoms with Crippen LogP contribution in [0.5, 0.6) is 0 Å². The van der Waals surface area contributed by atoms with Crippen molar-refractivity contribution in [2.45, 2.75) is 37.0 Å². The van der Waals surface area contributed by atoms with Crippen molar-refractivity contribution in [3.63, 3.8) is 0 Å². The second-order valence-corrected chi connectivity index (χ2v) is 7.68. The van der Waals surface area contributed by atoms with Crippen molar-refractivity contribution in [1.82, 2.24) is 5.32 Å². The maximum atomic E-state index is 12.4. The minimum absolute atomic E-state index is 0. The fourth-order valence-corrected chi connectivity index (χ4v) is 2.90. The average Bonchev–Trinajstić information content (AvgIpc) is 2.16. The standard InChI is InChI=1S/C12H20N2O2S.ClH/c1-12(2,3)17(15,16)11-6-5-10(13)7-9(11)8-14-4;/h5-7,14H,8,13H2,1-4H3;1H. The zero-order valence-corrected chi connectivity index (χ0v) is 12.8. The van der Waals surface area contributed by atoms with E-state index in [-0.39, 0.29) is 12.4 Å². The van der Waals surface area contributed by atoms with Crippen LogP contribution in [-0.4, -0.2) is 20.2 Å². The molecule has 6 heteroatoms. The summed E-state index contributed by atoms with van der Waals surface area (Å²) in [6.07, 6.45) is 0. The van der Waals surface area contributed by atoms with E-state index in [9.17, 15) is 8.42 Å². The van der Waals surface area contributed by atoms with E-state index in [2.05, 4.69) is 5.32 Å². The SMILES string of the molecule is CNCc1cc(N)ccc1S(=O)(=O)C(C)(C)C.Cl. The van der Waals surface area contributed by atoms with Crippen LogP contribution in [0.4, 0.5) is 5.69 Å². The second kappa shape index (κ2) is 5.91. The third kappa shape index (κ3) is 3.37. The maximum Gasteiger partial charge on any atom is 0.183 e. The number of halogens is 1. The van der Waals surface area contributed by atoms with Gasteiger partial charge in [0, 0.05) is 12.2 Å². The van der Waals surface area contributed by atoms with Gasteiger partial charge < -0.3 is 11.1 Å². The molecule has 0 bridgehead atoms. The van der Waals surface area contributed by atoms with Crippen molar-refractivity contribution in [3.05, 3.63) is 23.8 Å². The van der Waals surface area contributed by atoms with Crippen molar-refractivity contribution in [2.75, 3.05) is 12.8 Å². The van der Waals surface area contributed by atoms with Crippen molar-refractivity contribution in [1.29, 1.82) is 0 Å². The zero-order chi connectivity index (χ0) is 13.3. The van der Waals surface area contributed by atoms with Gasteiger partial charge in [-0.2, -0.15) is 0 Å². The van der Waals surface area contributed by atoms with Gasteiger partial charge in [-0.1, -0.05) is 0 Å². The maximum absolute atomic E-state index is 12.4. The predicted molar refractivity (Wildman–Crippen MR) is 77.8 cm³/mol. The average molecular weight is 293 g/mol. The minimum atomic E-state index is -3.34. The number of nitrogens with two attached hydrogens (primary N) is 1. The highest BCUT2D eigenvalue weighted by molar-refractivity contribution is 7.92. The Morgan fingerprint density at radius 1 is 1.28 bits per heavy atom. The Balaban J connectivity index is 0.00000289. The first kappa shape index (κ1) is 17.2. The molecule has 18 heavy (non-hydrogen) atoms. The van der Waals surface area contributed by atoms with E-state index in [0.717, 1.165) is 0 Å².